The van der Waals surface area contributed by atoms with Gasteiger partial charge in [0.2, 0.25) is 5.91 Å². The van der Waals surface area contributed by atoms with Gasteiger partial charge in [-0.1, -0.05) is 12.1 Å². The Hall–Kier alpha value is -2.49. The van der Waals surface area contributed by atoms with Gasteiger partial charge < -0.3 is 15.8 Å². The third-order valence-electron chi connectivity index (χ3n) is 3.67. The number of hydrogen-bond donors (Lipinski definition) is 2. The van der Waals surface area contributed by atoms with Gasteiger partial charge >= 0.3 is 0 Å². The van der Waals surface area contributed by atoms with Crippen LogP contribution >= 0.6 is 0 Å². The van der Waals surface area contributed by atoms with Crippen LogP contribution in [-0.2, 0) is 12.8 Å². The van der Waals surface area contributed by atoms with Gasteiger partial charge in [0.25, 0.3) is 0 Å². The zero-order valence-electron chi connectivity index (χ0n) is 11.8. The number of carbonyl (C=O) groups excluding carboxylic acids is 1. The molecular weight excluding hydrogens is 264 g/mol. The van der Waals surface area contributed by atoms with Crippen molar-refractivity contribution >= 4 is 11.6 Å². The highest BCUT2D eigenvalue weighted by molar-refractivity contribution is 5.93. The summed E-state index contributed by atoms with van der Waals surface area (Å²) in [6, 6.07) is 13.6. The third-order valence-corrected chi connectivity index (χ3v) is 3.67. The van der Waals surface area contributed by atoms with Gasteiger partial charge in [-0.15, -0.1) is 0 Å². The molecule has 21 heavy (non-hydrogen) atoms. The first-order chi connectivity index (χ1) is 10.2. The number of carbonyl (C=O) groups is 1. The maximum absolute atomic E-state index is 11.0. The predicted octanol–water partition coefficient (Wildman–Crippen LogP) is 2.38. The van der Waals surface area contributed by atoms with Crippen LogP contribution in [0.4, 0.5) is 5.69 Å². The largest absolute Gasteiger partial charge is 0.493 e. The van der Waals surface area contributed by atoms with Crippen molar-refractivity contribution < 1.29 is 9.53 Å². The van der Waals surface area contributed by atoms with Crippen molar-refractivity contribution in [3.8, 4) is 5.75 Å². The van der Waals surface area contributed by atoms with Gasteiger partial charge in [0.05, 0.1) is 6.61 Å². The molecule has 0 spiro atoms. The van der Waals surface area contributed by atoms with Gasteiger partial charge in [0.15, 0.2) is 0 Å². The average molecular weight is 282 g/mol. The standard InChI is InChI=1S/C17H18N2O2/c18-17(20)13-2-4-15(5-3-13)19-9-7-12-1-6-16-14(11-12)8-10-21-16/h1-6,11,19H,7-10H2,(H2,18,20). The molecule has 0 radical (unpaired) electrons. The Bertz CT molecular complexity index is 650. The Morgan fingerprint density at radius 3 is 2.76 bits per heavy atom. The molecule has 4 heteroatoms. The number of primary amides is 1. The van der Waals surface area contributed by atoms with E-state index in [2.05, 4.69) is 23.5 Å². The lowest BCUT2D eigenvalue weighted by Crippen LogP contribution is -2.11. The van der Waals surface area contributed by atoms with Crippen molar-refractivity contribution in [3.05, 3.63) is 59.2 Å². The van der Waals surface area contributed by atoms with Crippen LogP contribution in [0.15, 0.2) is 42.5 Å². The number of fused-ring (bicyclic) bond motifs is 1. The van der Waals surface area contributed by atoms with E-state index in [4.69, 9.17) is 10.5 Å². The minimum absolute atomic E-state index is 0.401. The van der Waals surface area contributed by atoms with Crippen LogP contribution in [-0.4, -0.2) is 19.1 Å². The molecule has 0 saturated carbocycles. The van der Waals surface area contributed by atoms with Crippen molar-refractivity contribution in [1.82, 2.24) is 0 Å². The summed E-state index contributed by atoms with van der Waals surface area (Å²) in [4.78, 5) is 11.0. The van der Waals surface area contributed by atoms with Crippen LogP contribution < -0.4 is 15.8 Å². The van der Waals surface area contributed by atoms with Crippen LogP contribution in [0.5, 0.6) is 5.75 Å². The minimum Gasteiger partial charge on any atom is -0.493 e. The van der Waals surface area contributed by atoms with Crippen LogP contribution in [0.3, 0.4) is 0 Å². The number of anilines is 1. The van der Waals surface area contributed by atoms with E-state index in [0.29, 0.717) is 5.56 Å². The molecule has 2 aromatic rings. The Morgan fingerprint density at radius 2 is 2.00 bits per heavy atom. The molecule has 0 atom stereocenters. The third kappa shape index (κ3) is 3.16. The highest BCUT2D eigenvalue weighted by Gasteiger charge is 2.11. The minimum atomic E-state index is -0.401. The number of amides is 1. The van der Waals surface area contributed by atoms with E-state index in [1.165, 1.54) is 11.1 Å². The van der Waals surface area contributed by atoms with Crippen LogP contribution in [0.2, 0.25) is 0 Å². The van der Waals surface area contributed by atoms with Crippen molar-refractivity contribution in [2.75, 3.05) is 18.5 Å². The Morgan fingerprint density at radius 1 is 1.19 bits per heavy atom. The molecule has 0 unspecified atom stereocenters. The van der Waals surface area contributed by atoms with Crippen molar-refractivity contribution in [3.63, 3.8) is 0 Å². The number of nitrogens with two attached hydrogens (primary N) is 1. The summed E-state index contributed by atoms with van der Waals surface area (Å²) in [5, 5.41) is 3.34. The topological polar surface area (TPSA) is 64.4 Å². The summed E-state index contributed by atoms with van der Waals surface area (Å²) >= 11 is 0. The first-order valence-electron chi connectivity index (χ1n) is 7.11. The molecule has 4 nitrogen and oxygen atoms in total. The fraction of sp³-hybridized carbons (Fsp3) is 0.235. The molecule has 0 fully saturated rings. The van der Waals surface area contributed by atoms with Crippen molar-refractivity contribution in [2.24, 2.45) is 5.73 Å². The maximum Gasteiger partial charge on any atom is 0.248 e. The smallest absolute Gasteiger partial charge is 0.248 e. The molecular formula is C17H18N2O2. The van der Waals surface area contributed by atoms with E-state index in [-0.39, 0.29) is 0 Å². The lowest BCUT2D eigenvalue weighted by atomic mass is 10.1. The number of nitrogens with one attached hydrogen (secondary N) is 1. The van der Waals surface area contributed by atoms with E-state index in [0.717, 1.165) is 37.4 Å². The lowest BCUT2D eigenvalue weighted by Gasteiger charge is -2.08. The molecule has 1 amide bonds. The summed E-state index contributed by atoms with van der Waals surface area (Å²) in [5.41, 5.74) is 9.34. The molecule has 0 aromatic heterocycles. The molecule has 3 N–H and O–H groups in total. The molecule has 2 aromatic carbocycles. The van der Waals surface area contributed by atoms with Gasteiger partial charge in [-0.25, -0.2) is 0 Å². The second-order valence-electron chi connectivity index (χ2n) is 5.16. The fourth-order valence-corrected chi connectivity index (χ4v) is 2.50. The number of hydrogen-bond acceptors (Lipinski definition) is 3. The molecule has 1 aliphatic heterocycles. The first kappa shape index (κ1) is 13.5. The highest BCUT2D eigenvalue weighted by Crippen LogP contribution is 2.26. The zero-order valence-corrected chi connectivity index (χ0v) is 11.8. The quantitative estimate of drug-likeness (QED) is 0.885. The molecule has 108 valence electrons. The molecule has 3 rings (SSSR count). The summed E-state index contributed by atoms with van der Waals surface area (Å²) in [6.07, 6.45) is 1.95. The van der Waals surface area contributed by atoms with Crippen LogP contribution in [0.1, 0.15) is 21.5 Å². The van der Waals surface area contributed by atoms with Gasteiger partial charge in [0, 0.05) is 24.2 Å². The zero-order chi connectivity index (χ0) is 14.7. The van der Waals surface area contributed by atoms with Gasteiger partial charge in [-0.2, -0.15) is 0 Å². The summed E-state index contributed by atoms with van der Waals surface area (Å²) < 4.78 is 5.50. The normalized spacial score (nSPS) is 12.6. The lowest BCUT2D eigenvalue weighted by molar-refractivity contribution is 0.100. The van der Waals surface area contributed by atoms with Crippen molar-refractivity contribution in [2.45, 2.75) is 12.8 Å². The number of ether oxygens (including phenoxy) is 1. The number of rotatable bonds is 5. The second-order valence-corrected chi connectivity index (χ2v) is 5.16. The molecule has 0 saturated heterocycles. The average Bonchev–Trinajstić information content (AvgIpc) is 2.95. The predicted molar refractivity (Wildman–Crippen MR) is 82.8 cm³/mol. The summed E-state index contributed by atoms with van der Waals surface area (Å²) in [7, 11) is 0. The summed E-state index contributed by atoms with van der Waals surface area (Å²) in [6.45, 7) is 1.64. The molecule has 0 bridgehead atoms. The van der Waals surface area contributed by atoms with Gasteiger partial charge in [-0.3, -0.25) is 4.79 Å². The van der Waals surface area contributed by atoms with E-state index >= 15 is 0 Å². The van der Waals surface area contributed by atoms with Crippen LogP contribution in [0.25, 0.3) is 0 Å². The van der Waals surface area contributed by atoms with Gasteiger partial charge in [-0.05, 0) is 47.9 Å². The molecule has 1 aliphatic rings. The molecule has 0 aliphatic carbocycles. The highest BCUT2D eigenvalue weighted by atomic mass is 16.5. The van der Waals surface area contributed by atoms with E-state index in [9.17, 15) is 4.79 Å². The van der Waals surface area contributed by atoms with E-state index in [1.807, 2.05) is 12.1 Å². The van der Waals surface area contributed by atoms with Crippen LogP contribution in [0, 0.1) is 0 Å². The monoisotopic (exact) mass is 282 g/mol. The number of benzene rings is 2. The Labute approximate surface area is 123 Å². The Balaban J connectivity index is 1.55. The SMILES string of the molecule is NC(=O)c1ccc(NCCc2ccc3c(c2)CCO3)cc1. The van der Waals surface area contributed by atoms with E-state index in [1.54, 1.807) is 12.1 Å². The van der Waals surface area contributed by atoms with E-state index < -0.39 is 5.91 Å². The fourth-order valence-electron chi connectivity index (χ4n) is 2.50. The van der Waals surface area contributed by atoms with Gasteiger partial charge in [0.1, 0.15) is 5.75 Å². The first-order valence-corrected chi connectivity index (χ1v) is 7.11. The Kier molecular flexibility index (Phi) is 3.77. The second kappa shape index (κ2) is 5.87. The summed E-state index contributed by atoms with van der Waals surface area (Å²) in [5.74, 6) is 0.621. The van der Waals surface area contributed by atoms with Crippen molar-refractivity contribution in [1.29, 1.82) is 0 Å². The maximum atomic E-state index is 11.0. The molecule has 1 heterocycles.